The summed E-state index contributed by atoms with van der Waals surface area (Å²) >= 11 is 0. The van der Waals surface area contributed by atoms with E-state index < -0.39 is 23.3 Å². The number of nitrogens with one attached hydrogen (secondary N) is 1. The number of rotatable bonds is 4. The van der Waals surface area contributed by atoms with Gasteiger partial charge in [-0.15, -0.1) is 5.10 Å². The number of aromatic nitrogens is 5. The summed E-state index contributed by atoms with van der Waals surface area (Å²) in [6.45, 7) is -0.158. The molecule has 0 aliphatic rings. The van der Waals surface area contributed by atoms with Crippen LogP contribution in [0.2, 0.25) is 0 Å². The van der Waals surface area contributed by atoms with Crippen LogP contribution in [-0.2, 0) is 12.7 Å². The van der Waals surface area contributed by atoms with Crippen LogP contribution in [0.1, 0.15) is 21.9 Å². The Morgan fingerprint density at radius 1 is 1.12 bits per heavy atom. The molecule has 3 rings (SSSR count). The normalized spacial score (nSPS) is 11.3. The number of para-hydroxylation sites is 1. The van der Waals surface area contributed by atoms with Crippen molar-refractivity contribution in [3.8, 4) is 5.69 Å². The number of amides is 1. The number of carbonyl (C=O) groups is 1. The van der Waals surface area contributed by atoms with Gasteiger partial charge in [-0.3, -0.25) is 9.78 Å². The molecule has 0 atom stereocenters. The van der Waals surface area contributed by atoms with Crippen LogP contribution in [0.5, 0.6) is 0 Å². The Labute approximate surface area is 139 Å². The number of tetrazole rings is 1. The monoisotopic (exact) mass is 348 g/mol. The highest BCUT2D eigenvalue weighted by Crippen LogP contribution is 2.30. The largest absolute Gasteiger partial charge is 0.418 e. The third-order valence-corrected chi connectivity index (χ3v) is 3.27. The molecule has 0 unspecified atom stereocenters. The second-order valence-corrected chi connectivity index (χ2v) is 4.92. The van der Waals surface area contributed by atoms with E-state index >= 15 is 0 Å². The molecule has 128 valence electrons. The average molecular weight is 348 g/mol. The van der Waals surface area contributed by atoms with Crippen molar-refractivity contribution in [3.05, 3.63) is 65.7 Å². The number of nitrogens with zero attached hydrogens (tertiary/aromatic N) is 5. The van der Waals surface area contributed by atoms with Gasteiger partial charge in [-0.2, -0.15) is 17.9 Å². The van der Waals surface area contributed by atoms with Gasteiger partial charge in [-0.05, 0) is 34.7 Å². The van der Waals surface area contributed by atoms with E-state index in [0.29, 0.717) is 5.69 Å². The molecule has 0 aliphatic heterocycles. The number of pyridine rings is 1. The van der Waals surface area contributed by atoms with Crippen LogP contribution in [0.15, 0.2) is 48.7 Å². The SMILES string of the molecule is O=C(NCc1nnnn1-c1ccccc1)c1ncccc1C(F)(F)F. The van der Waals surface area contributed by atoms with Gasteiger partial charge < -0.3 is 5.32 Å². The summed E-state index contributed by atoms with van der Waals surface area (Å²) in [6, 6.07) is 10.8. The van der Waals surface area contributed by atoms with Gasteiger partial charge in [-0.25, -0.2) is 0 Å². The maximum Gasteiger partial charge on any atom is 0.418 e. The van der Waals surface area contributed by atoms with E-state index in [0.717, 1.165) is 18.3 Å². The lowest BCUT2D eigenvalue weighted by atomic mass is 10.2. The number of halogens is 3. The van der Waals surface area contributed by atoms with Crippen molar-refractivity contribution in [1.29, 1.82) is 0 Å². The first-order valence-corrected chi connectivity index (χ1v) is 7.10. The molecule has 2 heterocycles. The number of hydrogen-bond acceptors (Lipinski definition) is 5. The van der Waals surface area contributed by atoms with Crippen LogP contribution in [0.3, 0.4) is 0 Å². The van der Waals surface area contributed by atoms with Crippen molar-refractivity contribution in [2.75, 3.05) is 0 Å². The predicted octanol–water partition coefficient (Wildman–Crippen LogP) is 2.01. The lowest BCUT2D eigenvalue weighted by molar-refractivity contribution is -0.138. The number of alkyl halides is 3. The summed E-state index contributed by atoms with van der Waals surface area (Å²) in [6.07, 6.45) is -3.55. The number of benzene rings is 1. The van der Waals surface area contributed by atoms with E-state index in [1.807, 2.05) is 6.07 Å². The Hall–Kier alpha value is -3.30. The molecule has 0 saturated heterocycles. The molecule has 0 bridgehead atoms. The highest BCUT2D eigenvalue weighted by atomic mass is 19.4. The van der Waals surface area contributed by atoms with Gasteiger partial charge in [0.05, 0.1) is 17.8 Å². The van der Waals surface area contributed by atoms with Crippen LogP contribution >= 0.6 is 0 Å². The molecular formula is C15H11F3N6O. The fourth-order valence-corrected chi connectivity index (χ4v) is 2.14. The molecule has 3 aromatic rings. The van der Waals surface area contributed by atoms with Crippen molar-refractivity contribution in [2.45, 2.75) is 12.7 Å². The molecule has 0 spiro atoms. The number of hydrogen-bond donors (Lipinski definition) is 1. The average Bonchev–Trinajstić information content (AvgIpc) is 3.08. The summed E-state index contributed by atoms with van der Waals surface area (Å²) < 4.78 is 40.2. The third kappa shape index (κ3) is 3.62. The molecule has 1 amide bonds. The summed E-state index contributed by atoms with van der Waals surface area (Å²) in [4.78, 5) is 15.6. The lowest BCUT2D eigenvalue weighted by Gasteiger charge is -2.11. The first-order valence-electron chi connectivity index (χ1n) is 7.10. The standard InChI is InChI=1S/C15H11F3N6O/c16-15(17,18)11-7-4-8-19-13(11)14(25)20-9-12-21-22-23-24(12)10-5-2-1-3-6-10/h1-8H,9H2,(H,20,25). The zero-order valence-electron chi connectivity index (χ0n) is 12.6. The van der Waals surface area contributed by atoms with E-state index in [1.54, 1.807) is 24.3 Å². The molecule has 0 aliphatic carbocycles. The third-order valence-electron chi connectivity index (χ3n) is 3.27. The summed E-state index contributed by atoms with van der Waals surface area (Å²) in [5, 5.41) is 13.5. The van der Waals surface area contributed by atoms with Crippen LogP contribution in [0.4, 0.5) is 13.2 Å². The van der Waals surface area contributed by atoms with Crippen molar-refractivity contribution >= 4 is 5.91 Å². The first kappa shape index (κ1) is 16.6. The number of carbonyl (C=O) groups excluding carboxylic acids is 1. The molecular weight excluding hydrogens is 337 g/mol. The molecule has 7 nitrogen and oxygen atoms in total. The fraction of sp³-hybridized carbons (Fsp3) is 0.133. The molecule has 25 heavy (non-hydrogen) atoms. The Kier molecular flexibility index (Phi) is 4.42. The van der Waals surface area contributed by atoms with E-state index in [1.165, 1.54) is 4.68 Å². The van der Waals surface area contributed by atoms with E-state index in [-0.39, 0.29) is 12.4 Å². The smallest absolute Gasteiger partial charge is 0.343 e. The Bertz CT molecular complexity index is 878. The highest BCUT2D eigenvalue weighted by Gasteiger charge is 2.35. The van der Waals surface area contributed by atoms with Crippen LogP contribution in [-0.4, -0.2) is 31.1 Å². The molecule has 2 aromatic heterocycles. The van der Waals surface area contributed by atoms with Gasteiger partial charge in [0, 0.05) is 6.20 Å². The Morgan fingerprint density at radius 2 is 1.88 bits per heavy atom. The Balaban J connectivity index is 1.78. The fourth-order valence-electron chi connectivity index (χ4n) is 2.14. The summed E-state index contributed by atoms with van der Waals surface area (Å²) in [5.74, 6) is -0.695. The zero-order valence-corrected chi connectivity index (χ0v) is 12.6. The van der Waals surface area contributed by atoms with Gasteiger partial charge in [0.2, 0.25) is 0 Å². The Morgan fingerprint density at radius 3 is 2.60 bits per heavy atom. The molecule has 1 N–H and O–H groups in total. The summed E-state index contributed by atoms with van der Waals surface area (Å²) in [5.41, 5.74) is -1.14. The minimum atomic E-state index is -4.67. The zero-order chi connectivity index (χ0) is 17.9. The molecule has 0 radical (unpaired) electrons. The molecule has 0 saturated carbocycles. The second-order valence-electron chi connectivity index (χ2n) is 4.92. The minimum absolute atomic E-state index is 0.158. The van der Waals surface area contributed by atoms with Crippen LogP contribution in [0.25, 0.3) is 5.69 Å². The maximum absolute atomic E-state index is 13.0. The summed E-state index contributed by atoms with van der Waals surface area (Å²) in [7, 11) is 0. The topological polar surface area (TPSA) is 85.6 Å². The van der Waals surface area contributed by atoms with Crippen LogP contribution in [0, 0.1) is 0 Å². The van der Waals surface area contributed by atoms with Gasteiger partial charge in [0.1, 0.15) is 5.69 Å². The van der Waals surface area contributed by atoms with Crippen LogP contribution < -0.4 is 5.32 Å². The molecule has 1 aromatic carbocycles. The van der Waals surface area contributed by atoms with Gasteiger partial charge >= 0.3 is 6.18 Å². The van der Waals surface area contributed by atoms with Gasteiger partial charge in [0.25, 0.3) is 5.91 Å². The minimum Gasteiger partial charge on any atom is -0.343 e. The lowest BCUT2D eigenvalue weighted by Crippen LogP contribution is -2.28. The first-order chi connectivity index (χ1) is 12.0. The van der Waals surface area contributed by atoms with E-state index in [4.69, 9.17) is 0 Å². The van der Waals surface area contributed by atoms with Crippen molar-refractivity contribution in [1.82, 2.24) is 30.5 Å². The van der Waals surface area contributed by atoms with Crippen molar-refractivity contribution < 1.29 is 18.0 Å². The van der Waals surface area contributed by atoms with Gasteiger partial charge in [0.15, 0.2) is 5.82 Å². The second kappa shape index (κ2) is 6.67. The van der Waals surface area contributed by atoms with Crippen molar-refractivity contribution in [3.63, 3.8) is 0 Å². The predicted molar refractivity (Wildman–Crippen MR) is 79.6 cm³/mol. The molecule has 0 fully saturated rings. The molecule has 10 heteroatoms. The maximum atomic E-state index is 13.0. The quantitative estimate of drug-likeness (QED) is 0.779. The van der Waals surface area contributed by atoms with E-state index in [2.05, 4.69) is 25.8 Å². The highest BCUT2D eigenvalue weighted by molar-refractivity contribution is 5.93. The van der Waals surface area contributed by atoms with Gasteiger partial charge in [-0.1, -0.05) is 18.2 Å². The van der Waals surface area contributed by atoms with Crippen molar-refractivity contribution in [2.24, 2.45) is 0 Å². The van der Waals surface area contributed by atoms with E-state index in [9.17, 15) is 18.0 Å².